The van der Waals surface area contributed by atoms with Crippen molar-refractivity contribution in [2.75, 3.05) is 13.2 Å². The number of oxime groups is 1. The summed E-state index contributed by atoms with van der Waals surface area (Å²) < 4.78 is 13.6. The molecule has 1 N–H and O–H groups in total. The molecule has 0 saturated carbocycles. The Morgan fingerprint density at radius 3 is 2.50 bits per heavy atom. The monoisotopic (exact) mass is 409 g/mol. The van der Waals surface area contributed by atoms with E-state index in [-0.39, 0.29) is 24.3 Å². The van der Waals surface area contributed by atoms with Crippen LogP contribution in [0.25, 0.3) is 0 Å². The number of hydrogen-bond donors (Lipinski definition) is 1. The molecule has 4 rings (SSSR count). The van der Waals surface area contributed by atoms with Crippen LogP contribution in [-0.4, -0.2) is 41.1 Å². The fourth-order valence-corrected chi connectivity index (χ4v) is 3.91. The van der Waals surface area contributed by atoms with Gasteiger partial charge >= 0.3 is 0 Å². The number of nitrogens with one attached hydrogen (secondary N) is 1. The average molecular weight is 409 g/mol. The maximum Gasteiger partial charge on any atom is 0.255 e. The van der Waals surface area contributed by atoms with Crippen LogP contribution in [0.3, 0.4) is 0 Å². The highest BCUT2D eigenvalue weighted by molar-refractivity contribution is 6.13. The second-order valence-electron chi connectivity index (χ2n) is 8.67. The highest BCUT2D eigenvalue weighted by Crippen LogP contribution is 2.32. The van der Waals surface area contributed by atoms with Crippen molar-refractivity contribution in [1.29, 1.82) is 0 Å². The van der Waals surface area contributed by atoms with Crippen LogP contribution in [0, 0.1) is 11.7 Å². The first-order valence-electron chi connectivity index (χ1n) is 9.92. The van der Waals surface area contributed by atoms with E-state index in [1.54, 1.807) is 29.2 Å². The summed E-state index contributed by atoms with van der Waals surface area (Å²) >= 11 is 0. The molecule has 0 aliphatic carbocycles. The van der Waals surface area contributed by atoms with E-state index in [0.717, 1.165) is 11.3 Å². The lowest BCUT2D eigenvalue weighted by Crippen LogP contribution is -2.50. The van der Waals surface area contributed by atoms with Gasteiger partial charge in [-0.25, -0.2) is 4.39 Å². The van der Waals surface area contributed by atoms with Crippen LogP contribution in [0.1, 0.15) is 48.3 Å². The summed E-state index contributed by atoms with van der Waals surface area (Å²) in [4.78, 5) is 33.8. The van der Waals surface area contributed by atoms with Gasteiger partial charge < -0.3 is 15.1 Å². The third-order valence-corrected chi connectivity index (χ3v) is 5.18. The van der Waals surface area contributed by atoms with Crippen molar-refractivity contribution in [1.82, 2.24) is 10.2 Å². The molecule has 6 nitrogen and oxygen atoms in total. The van der Waals surface area contributed by atoms with Gasteiger partial charge in [0, 0.05) is 23.2 Å². The number of halogens is 1. The molecule has 2 aliphatic rings. The van der Waals surface area contributed by atoms with Gasteiger partial charge in [-0.2, -0.15) is 0 Å². The van der Waals surface area contributed by atoms with Crippen LogP contribution >= 0.6 is 0 Å². The minimum absolute atomic E-state index is 0.150. The zero-order chi connectivity index (χ0) is 21.5. The first-order valence-corrected chi connectivity index (χ1v) is 9.92. The predicted molar refractivity (Wildman–Crippen MR) is 110 cm³/mol. The quantitative estimate of drug-likeness (QED) is 0.846. The second-order valence-corrected chi connectivity index (χ2v) is 8.67. The molecule has 0 saturated heterocycles. The lowest BCUT2D eigenvalue weighted by molar-refractivity contribution is -0.127. The molecule has 7 heteroatoms. The number of carbonyl (C=O) groups is 2. The van der Waals surface area contributed by atoms with Crippen LogP contribution in [-0.2, 0) is 9.63 Å². The highest BCUT2D eigenvalue weighted by atomic mass is 19.1. The Bertz CT molecular complexity index is 1010. The normalized spacial score (nSPS) is 19.2. The molecule has 156 valence electrons. The molecule has 0 radical (unpaired) electrons. The number of rotatable bonds is 3. The minimum atomic E-state index is -0.912. The van der Waals surface area contributed by atoms with Crippen molar-refractivity contribution < 1.29 is 18.8 Å². The molecule has 2 aliphatic heterocycles. The molecule has 2 heterocycles. The molecule has 2 unspecified atom stereocenters. The first kappa shape index (κ1) is 20.1. The fraction of sp³-hybridized carbons (Fsp3) is 0.348. The van der Waals surface area contributed by atoms with Crippen molar-refractivity contribution in [2.24, 2.45) is 11.1 Å². The largest absolute Gasteiger partial charge is 0.395 e. The summed E-state index contributed by atoms with van der Waals surface area (Å²) in [6, 6.07) is 12.0. The average Bonchev–Trinajstić information content (AvgIpc) is 3.11. The van der Waals surface area contributed by atoms with E-state index in [1.807, 2.05) is 32.9 Å². The number of carbonyl (C=O) groups excluding carboxylic acids is 2. The number of benzene rings is 2. The standard InChI is InChI=1S/C23H24FN3O3/c1-23(2,3)25-21(28)20(14-8-10-16(24)11-9-14)27-12-15-13-30-26-19(15)17-6-4-5-7-18(17)22(27)29/h4-11,15,20H,12-13H2,1-3H3,(H,25,28). The maximum absolute atomic E-state index is 13.6. The Hall–Kier alpha value is -3.22. The molecule has 30 heavy (non-hydrogen) atoms. The summed E-state index contributed by atoms with van der Waals surface area (Å²) in [7, 11) is 0. The van der Waals surface area contributed by atoms with Crippen LogP contribution in [0.4, 0.5) is 4.39 Å². The van der Waals surface area contributed by atoms with Gasteiger partial charge in [-0.15, -0.1) is 0 Å². The summed E-state index contributed by atoms with van der Waals surface area (Å²) in [6.07, 6.45) is 0. The summed E-state index contributed by atoms with van der Waals surface area (Å²) in [5.41, 5.74) is 1.96. The smallest absolute Gasteiger partial charge is 0.255 e. The van der Waals surface area contributed by atoms with Crippen molar-refractivity contribution in [3.63, 3.8) is 0 Å². The topological polar surface area (TPSA) is 71.0 Å². The molecule has 2 atom stereocenters. The summed E-state index contributed by atoms with van der Waals surface area (Å²) in [5, 5.41) is 7.13. The molecule has 0 fully saturated rings. The van der Waals surface area contributed by atoms with Crippen molar-refractivity contribution in [3.8, 4) is 0 Å². The van der Waals surface area contributed by atoms with Gasteiger partial charge in [0.2, 0.25) is 5.91 Å². The van der Waals surface area contributed by atoms with Crippen LogP contribution in [0.15, 0.2) is 53.7 Å². The van der Waals surface area contributed by atoms with Gasteiger partial charge in [0.1, 0.15) is 18.5 Å². The lowest BCUT2D eigenvalue weighted by Gasteiger charge is -2.34. The molecule has 0 bridgehead atoms. The molecule has 2 aromatic rings. The van der Waals surface area contributed by atoms with Crippen molar-refractivity contribution in [2.45, 2.75) is 32.4 Å². The molecule has 2 aromatic carbocycles. The van der Waals surface area contributed by atoms with Crippen LogP contribution in [0.5, 0.6) is 0 Å². The molecule has 0 spiro atoms. The first-order chi connectivity index (χ1) is 14.2. The number of amides is 2. The second kappa shape index (κ2) is 7.55. The SMILES string of the molecule is CC(C)(C)NC(=O)C(c1ccc(F)cc1)N1CC2CON=C2c2ccccc2C1=O. The zero-order valence-corrected chi connectivity index (χ0v) is 17.2. The van der Waals surface area contributed by atoms with Gasteiger partial charge in [-0.3, -0.25) is 9.59 Å². The number of hydrogen-bond acceptors (Lipinski definition) is 4. The lowest BCUT2D eigenvalue weighted by atomic mass is 9.96. The van der Waals surface area contributed by atoms with E-state index in [0.29, 0.717) is 17.7 Å². The minimum Gasteiger partial charge on any atom is -0.395 e. The van der Waals surface area contributed by atoms with E-state index in [4.69, 9.17) is 4.84 Å². The van der Waals surface area contributed by atoms with E-state index < -0.39 is 17.4 Å². The summed E-state index contributed by atoms with van der Waals surface area (Å²) in [6.45, 7) is 6.24. The Kier molecular flexibility index (Phi) is 5.05. The third kappa shape index (κ3) is 3.79. The third-order valence-electron chi connectivity index (χ3n) is 5.18. The van der Waals surface area contributed by atoms with E-state index in [9.17, 15) is 14.0 Å². The van der Waals surface area contributed by atoms with Crippen molar-refractivity contribution in [3.05, 3.63) is 71.0 Å². The van der Waals surface area contributed by atoms with Gasteiger partial charge in [0.15, 0.2) is 0 Å². The molecular weight excluding hydrogens is 385 g/mol. The number of fused-ring (bicyclic) bond motifs is 3. The predicted octanol–water partition coefficient (Wildman–Crippen LogP) is 3.29. The zero-order valence-electron chi connectivity index (χ0n) is 17.2. The Morgan fingerprint density at radius 2 is 1.83 bits per heavy atom. The molecular formula is C23H24FN3O3. The summed E-state index contributed by atoms with van der Waals surface area (Å²) in [5.74, 6) is -1.14. The molecule has 2 amide bonds. The van der Waals surface area contributed by atoms with Gasteiger partial charge in [-0.1, -0.05) is 35.5 Å². The Morgan fingerprint density at radius 1 is 1.17 bits per heavy atom. The van der Waals surface area contributed by atoms with E-state index in [1.165, 1.54) is 12.1 Å². The van der Waals surface area contributed by atoms with Gasteiger partial charge in [0.25, 0.3) is 5.91 Å². The Balaban J connectivity index is 1.81. The maximum atomic E-state index is 13.6. The van der Waals surface area contributed by atoms with Gasteiger partial charge in [0.05, 0.1) is 11.6 Å². The van der Waals surface area contributed by atoms with E-state index in [2.05, 4.69) is 10.5 Å². The van der Waals surface area contributed by atoms with Gasteiger partial charge in [-0.05, 0) is 44.5 Å². The molecule has 0 aromatic heterocycles. The van der Waals surface area contributed by atoms with Crippen LogP contribution in [0.2, 0.25) is 0 Å². The fourth-order valence-electron chi connectivity index (χ4n) is 3.91. The van der Waals surface area contributed by atoms with Crippen LogP contribution < -0.4 is 5.32 Å². The Labute approximate surface area is 174 Å². The highest BCUT2D eigenvalue weighted by Gasteiger charge is 2.41. The van der Waals surface area contributed by atoms with E-state index >= 15 is 0 Å². The number of nitrogens with zero attached hydrogens (tertiary/aromatic N) is 2. The van der Waals surface area contributed by atoms with Crippen molar-refractivity contribution >= 4 is 17.5 Å².